The lowest BCUT2D eigenvalue weighted by Gasteiger charge is -2.13. The van der Waals surface area contributed by atoms with Crippen LogP contribution in [0.3, 0.4) is 0 Å². The number of carbonyl (C=O) groups excluding carboxylic acids is 2. The summed E-state index contributed by atoms with van der Waals surface area (Å²) >= 11 is 5.94. The first-order chi connectivity index (χ1) is 14.6. The molecule has 30 heavy (non-hydrogen) atoms. The molecule has 148 valence electrons. The van der Waals surface area contributed by atoms with E-state index in [1.54, 1.807) is 53.5 Å². The fourth-order valence-corrected chi connectivity index (χ4v) is 3.61. The van der Waals surface area contributed by atoms with Crippen LogP contribution in [0.1, 0.15) is 27.1 Å². The van der Waals surface area contributed by atoms with E-state index in [4.69, 9.17) is 11.6 Å². The molecule has 0 N–H and O–H groups in total. The number of rotatable bonds is 5. The summed E-state index contributed by atoms with van der Waals surface area (Å²) in [7, 11) is 0. The normalized spacial score (nSPS) is 13.3. The minimum atomic E-state index is -0.241. The number of imide groups is 1. The molecule has 9 heteroatoms. The summed E-state index contributed by atoms with van der Waals surface area (Å²) in [6, 6.07) is 10.3. The van der Waals surface area contributed by atoms with Crippen LogP contribution in [0.25, 0.3) is 22.4 Å². The zero-order valence-electron chi connectivity index (χ0n) is 15.7. The number of amides is 2. The third-order valence-corrected chi connectivity index (χ3v) is 5.16. The van der Waals surface area contributed by atoms with Gasteiger partial charge < -0.3 is 0 Å². The number of pyridine rings is 1. The number of hydrogen-bond donors (Lipinski definition) is 0. The van der Waals surface area contributed by atoms with E-state index in [0.717, 1.165) is 5.56 Å². The van der Waals surface area contributed by atoms with Crippen molar-refractivity contribution in [3.05, 3.63) is 71.3 Å². The number of hydrogen-bond acceptors (Lipinski definition) is 6. The van der Waals surface area contributed by atoms with E-state index in [-0.39, 0.29) is 11.8 Å². The molecule has 0 aliphatic carbocycles. The van der Waals surface area contributed by atoms with Crippen molar-refractivity contribution in [3.63, 3.8) is 0 Å². The van der Waals surface area contributed by atoms with Gasteiger partial charge in [0.1, 0.15) is 10.7 Å². The van der Waals surface area contributed by atoms with Gasteiger partial charge in [0.2, 0.25) is 0 Å². The number of fused-ring (bicyclic) bond motifs is 2. The van der Waals surface area contributed by atoms with E-state index in [1.165, 1.54) is 4.90 Å². The van der Waals surface area contributed by atoms with E-state index in [2.05, 4.69) is 20.1 Å². The highest BCUT2D eigenvalue weighted by molar-refractivity contribution is 6.29. The van der Waals surface area contributed by atoms with Crippen LogP contribution < -0.4 is 0 Å². The Labute approximate surface area is 176 Å². The van der Waals surface area contributed by atoms with Gasteiger partial charge in [0.25, 0.3) is 11.8 Å². The Bertz CT molecular complexity index is 1270. The molecule has 4 heterocycles. The van der Waals surface area contributed by atoms with Crippen LogP contribution in [0.15, 0.2) is 55.0 Å². The minimum absolute atomic E-state index is 0.241. The monoisotopic (exact) mass is 418 g/mol. The van der Waals surface area contributed by atoms with E-state index in [9.17, 15) is 9.59 Å². The Morgan fingerprint density at radius 3 is 2.43 bits per heavy atom. The topological polar surface area (TPSA) is 93.9 Å². The quantitative estimate of drug-likeness (QED) is 0.365. The predicted molar refractivity (Wildman–Crippen MR) is 110 cm³/mol. The number of benzene rings is 1. The van der Waals surface area contributed by atoms with E-state index in [0.29, 0.717) is 52.6 Å². The maximum Gasteiger partial charge on any atom is 0.261 e. The first kappa shape index (κ1) is 18.4. The molecule has 1 aliphatic heterocycles. The number of halogens is 1. The van der Waals surface area contributed by atoms with Gasteiger partial charge in [-0.2, -0.15) is 5.10 Å². The lowest BCUT2D eigenvalue weighted by Crippen LogP contribution is -2.31. The Balaban J connectivity index is 1.26. The molecule has 0 radical (unpaired) electrons. The molecule has 0 spiro atoms. The number of aryl methyl sites for hydroxylation is 1. The highest BCUT2D eigenvalue weighted by Crippen LogP contribution is 2.23. The SMILES string of the molecule is O=C1c2ccccc2C(=O)N1CCCn1cc(-c2cnc3ccc(Cl)nc3n2)cn1. The fraction of sp³-hybridized carbons (Fsp3) is 0.143. The van der Waals surface area contributed by atoms with Crippen LogP contribution in [0.5, 0.6) is 0 Å². The second kappa shape index (κ2) is 7.31. The van der Waals surface area contributed by atoms with Crippen LogP contribution >= 0.6 is 11.6 Å². The lowest BCUT2D eigenvalue weighted by atomic mass is 10.1. The van der Waals surface area contributed by atoms with Crippen molar-refractivity contribution < 1.29 is 9.59 Å². The number of carbonyl (C=O) groups is 2. The van der Waals surface area contributed by atoms with Crippen LogP contribution in [-0.2, 0) is 6.54 Å². The lowest BCUT2D eigenvalue weighted by molar-refractivity contribution is 0.0650. The molecule has 0 fully saturated rings. The smallest absolute Gasteiger partial charge is 0.261 e. The van der Waals surface area contributed by atoms with E-state index in [1.807, 2.05) is 6.20 Å². The largest absolute Gasteiger partial charge is 0.274 e. The van der Waals surface area contributed by atoms with Crippen LogP contribution in [0.2, 0.25) is 5.15 Å². The second-order valence-corrected chi connectivity index (χ2v) is 7.27. The average molecular weight is 419 g/mol. The fourth-order valence-electron chi connectivity index (χ4n) is 3.46. The van der Waals surface area contributed by atoms with E-state index >= 15 is 0 Å². The Morgan fingerprint density at radius 1 is 0.900 bits per heavy atom. The molecule has 0 saturated heterocycles. The molecule has 1 aromatic carbocycles. The van der Waals surface area contributed by atoms with Gasteiger partial charge in [0.15, 0.2) is 5.65 Å². The first-order valence-electron chi connectivity index (χ1n) is 9.37. The molecular formula is C21H15ClN6O2. The Morgan fingerprint density at radius 2 is 1.67 bits per heavy atom. The van der Waals surface area contributed by atoms with Gasteiger partial charge in [-0.3, -0.25) is 24.2 Å². The summed E-state index contributed by atoms with van der Waals surface area (Å²) in [4.78, 5) is 39.2. The van der Waals surface area contributed by atoms with Crippen molar-refractivity contribution in [3.8, 4) is 11.3 Å². The summed E-state index contributed by atoms with van der Waals surface area (Å²) < 4.78 is 1.75. The molecule has 0 unspecified atom stereocenters. The average Bonchev–Trinajstić information content (AvgIpc) is 3.32. The van der Waals surface area contributed by atoms with Crippen LogP contribution in [0.4, 0.5) is 0 Å². The maximum atomic E-state index is 12.4. The van der Waals surface area contributed by atoms with Gasteiger partial charge in [-0.15, -0.1) is 0 Å². The summed E-state index contributed by atoms with van der Waals surface area (Å²) in [6.07, 6.45) is 5.80. The summed E-state index contributed by atoms with van der Waals surface area (Å²) in [5.41, 5.74) is 3.51. The maximum absolute atomic E-state index is 12.4. The summed E-state index contributed by atoms with van der Waals surface area (Å²) in [5.74, 6) is -0.483. The third kappa shape index (κ3) is 3.21. The van der Waals surface area contributed by atoms with Gasteiger partial charge in [0.05, 0.1) is 29.2 Å². The molecule has 3 aromatic heterocycles. The van der Waals surface area contributed by atoms with Crippen molar-refractivity contribution >= 4 is 34.6 Å². The molecule has 4 aromatic rings. The van der Waals surface area contributed by atoms with Gasteiger partial charge in [-0.1, -0.05) is 23.7 Å². The highest BCUT2D eigenvalue weighted by atomic mass is 35.5. The number of aromatic nitrogens is 5. The predicted octanol–water partition coefficient (Wildman–Crippen LogP) is 3.23. The molecule has 2 amide bonds. The van der Waals surface area contributed by atoms with Gasteiger partial charge in [-0.25, -0.2) is 9.97 Å². The molecule has 5 rings (SSSR count). The number of nitrogens with zero attached hydrogens (tertiary/aromatic N) is 6. The standard InChI is InChI=1S/C21H15ClN6O2/c22-18-7-6-16-19(26-18)25-17(11-23-16)13-10-24-27(12-13)8-3-9-28-20(29)14-4-1-2-5-15(14)21(28)30/h1-2,4-7,10-12H,3,8-9H2. The van der Waals surface area contributed by atoms with Crippen molar-refractivity contribution in [2.24, 2.45) is 0 Å². The highest BCUT2D eigenvalue weighted by Gasteiger charge is 2.34. The van der Waals surface area contributed by atoms with Crippen molar-refractivity contribution in [2.45, 2.75) is 13.0 Å². The van der Waals surface area contributed by atoms with Crippen molar-refractivity contribution in [1.29, 1.82) is 0 Å². The third-order valence-electron chi connectivity index (χ3n) is 4.95. The molecule has 1 aliphatic rings. The molecule has 8 nitrogen and oxygen atoms in total. The molecular weight excluding hydrogens is 404 g/mol. The summed E-state index contributed by atoms with van der Waals surface area (Å²) in [5, 5.41) is 4.70. The molecule has 0 atom stereocenters. The molecule has 0 bridgehead atoms. The summed E-state index contributed by atoms with van der Waals surface area (Å²) in [6.45, 7) is 0.887. The second-order valence-electron chi connectivity index (χ2n) is 6.89. The Hall–Kier alpha value is -3.65. The van der Waals surface area contributed by atoms with Gasteiger partial charge in [0, 0.05) is 24.8 Å². The van der Waals surface area contributed by atoms with E-state index < -0.39 is 0 Å². The van der Waals surface area contributed by atoms with Gasteiger partial charge in [-0.05, 0) is 30.7 Å². The van der Waals surface area contributed by atoms with Crippen molar-refractivity contribution in [2.75, 3.05) is 6.54 Å². The molecule has 0 saturated carbocycles. The first-order valence-corrected chi connectivity index (χ1v) is 9.75. The van der Waals surface area contributed by atoms with Crippen LogP contribution in [-0.4, -0.2) is 48.0 Å². The van der Waals surface area contributed by atoms with Crippen LogP contribution in [0, 0.1) is 0 Å². The zero-order chi connectivity index (χ0) is 20.7. The zero-order valence-corrected chi connectivity index (χ0v) is 16.5. The van der Waals surface area contributed by atoms with Crippen molar-refractivity contribution in [1.82, 2.24) is 29.6 Å². The minimum Gasteiger partial charge on any atom is -0.274 e. The van der Waals surface area contributed by atoms with Gasteiger partial charge >= 0.3 is 0 Å². The Kier molecular flexibility index (Phi) is 4.48.